The number of nitrogens with one attached hydrogen (secondary N) is 2. The quantitative estimate of drug-likeness (QED) is 0.0307. The van der Waals surface area contributed by atoms with Gasteiger partial charge in [-0.3, -0.25) is 5.32 Å². The van der Waals surface area contributed by atoms with Crippen LogP contribution in [-0.2, 0) is 0 Å². The minimum atomic E-state index is 0.511. The summed E-state index contributed by atoms with van der Waals surface area (Å²) in [6.07, 6.45) is 12.3. The van der Waals surface area contributed by atoms with Gasteiger partial charge in [0.05, 0.1) is 21.4 Å². The highest BCUT2D eigenvalue weighted by atomic mass is 35.5. The molecule has 286 valence electrons. The second-order valence-corrected chi connectivity index (χ2v) is 15.3. The van der Waals surface area contributed by atoms with Crippen molar-refractivity contribution in [3.8, 4) is 5.69 Å². The molecule has 0 radical (unpaired) electrons. The van der Waals surface area contributed by atoms with Crippen LogP contribution in [0.5, 0.6) is 0 Å². The van der Waals surface area contributed by atoms with Crippen LogP contribution in [0.3, 0.4) is 0 Å². The molecule has 0 saturated carbocycles. The number of allylic oxidation sites excluding steroid dienone is 3. The molecule has 0 saturated heterocycles. The van der Waals surface area contributed by atoms with E-state index in [9.17, 15) is 0 Å². The predicted molar refractivity (Wildman–Crippen MR) is 236 cm³/mol. The zero-order valence-corrected chi connectivity index (χ0v) is 33.6. The van der Waals surface area contributed by atoms with E-state index in [1.165, 1.54) is 37.0 Å². The van der Waals surface area contributed by atoms with Crippen LogP contribution in [0.25, 0.3) is 27.8 Å². The Morgan fingerprint density at radius 3 is 2.09 bits per heavy atom. The highest BCUT2D eigenvalue weighted by Gasteiger charge is 2.22. The number of para-hydroxylation sites is 2. The molecule has 1 heterocycles. The van der Waals surface area contributed by atoms with Crippen LogP contribution in [0.1, 0.15) is 57.4 Å². The van der Waals surface area contributed by atoms with Gasteiger partial charge < -0.3 is 22.1 Å². The van der Waals surface area contributed by atoms with E-state index in [0.717, 1.165) is 94.1 Å². The van der Waals surface area contributed by atoms with Gasteiger partial charge in [-0.25, -0.2) is 9.98 Å². The smallest absolute Gasteiger partial charge is 0.239 e. The van der Waals surface area contributed by atoms with Gasteiger partial charge in [-0.15, -0.1) is 4.57 Å². The Balaban J connectivity index is 0.863. The lowest BCUT2D eigenvalue weighted by atomic mass is 10.0. The van der Waals surface area contributed by atoms with Crippen LogP contribution in [0, 0.1) is 6.92 Å². The second-order valence-electron chi connectivity index (χ2n) is 14.5. The average molecular weight is 786 g/mol. The lowest BCUT2D eigenvalue weighted by molar-refractivity contribution is -0.538. The van der Waals surface area contributed by atoms with Crippen molar-refractivity contribution in [1.82, 2.24) is 10.3 Å². The molecule has 1 aliphatic rings. The Kier molecular flexibility index (Phi) is 12.5. The standard InChI is InChI=1S/C46H48Cl2N8/c1-30-23-33(54-41-25-35(47)37(49)27-42(41)53-32-15-9-7-10-16-32)19-20-39(30)51-21-13-5-3-4-6-14-22-52-40-29-46-43(24-31(40)2)55-44-26-36(48)38(50)28-45(44)56(46)34-17-11-8-12-18-34/h7-12,15-18,20,23-29,51,53H,3-6,13-14,19,21-22,49H2,1-2H3,(H2,50,52)/p+2. The molecule has 1 aliphatic carbocycles. The van der Waals surface area contributed by atoms with Gasteiger partial charge in [-0.05, 0) is 74.2 Å². The minimum absolute atomic E-state index is 0.511. The highest BCUT2D eigenvalue weighted by Crippen LogP contribution is 2.33. The second kappa shape index (κ2) is 18.0. The number of nitrogens with zero attached hydrogens (tertiary/aromatic N) is 3. The van der Waals surface area contributed by atoms with Crippen molar-refractivity contribution in [2.45, 2.75) is 58.8 Å². The van der Waals surface area contributed by atoms with Crippen LogP contribution in [0.2, 0.25) is 10.0 Å². The Labute approximate surface area is 339 Å². The fourth-order valence-electron chi connectivity index (χ4n) is 7.23. The van der Waals surface area contributed by atoms with Crippen molar-refractivity contribution < 1.29 is 9.88 Å². The fourth-order valence-corrected chi connectivity index (χ4v) is 7.55. The van der Waals surface area contributed by atoms with Gasteiger partial charge in [0.15, 0.2) is 5.69 Å². The van der Waals surface area contributed by atoms with Crippen LogP contribution in [-0.4, -0.2) is 23.8 Å². The van der Waals surface area contributed by atoms with Crippen molar-refractivity contribution in [2.24, 2.45) is 4.99 Å². The Morgan fingerprint density at radius 1 is 0.732 bits per heavy atom. The van der Waals surface area contributed by atoms with Crippen LogP contribution in [0.15, 0.2) is 125 Å². The zero-order chi connectivity index (χ0) is 39.0. The summed E-state index contributed by atoms with van der Waals surface area (Å²) < 4.78 is 2.22. The number of fused-ring (bicyclic) bond motifs is 2. The maximum atomic E-state index is 6.41. The summed E-state index contributed by atoms with van der Waals surface area (Å²) in [6, 6.07) is 32.4. The number of hydrogen-bond donors (Lipinski definition) is 5. The number of unbranched alkanes of at least 4 members (excludes halogenated alkanes) is 5. The van der Waals surface area contributed by atoms with Gasteiger partial charge in [0.25, 0.3) is 0 Å². The summed E-state index contributed by atoms with van der Waals surface area (Å²) in [6.45, 7) is 6.16. The molecule has 8 N–H and O–H groups in total. The third-order valence-electron chi connectivity index (χ3n) is 10.2. The SMILES string of the molecule is CC1=CC(=Nc2cc(Cl)c(N)cc2[NH2+]c2ccccc2)CC=C1NCCCCCCCCNc1cc2c(cc1C)nc1cc(Cl)c(N)cc1[n+]2-c1ccccc1. The third-order valence-corrected chi connectivity index (χ3v) is 10.9. The average Bonchev–Trinajstić information content (AvgIpc) is 3.19. The van der Waals surface area contributed by atoms with Gasteiger partial charge >= 0.3 is 0 Å². The topological polar surface area (TPSA) is 122 Å². The summed E-state index contributed by atoms with van der Waals surface area (Å²) in [7, 11) is 0. The van der Waals surface area contributed by atoms with E-state index < -0.39 is 0 Å². The van der Waals surface area contributed by atoms with E-state index in [1.54, 1.807) is 0 Å². The summed E-state index contributed by atoms with van der Waals surface area (Å²) in [4.78, 5) is 9.97. The van der Waals surface area contributed by atoms with E-state index in [-0.39, 0.29) is 0 Å². The predicted octanol–water partition coefficient (Wildman–Crippen LogP) is 10.3. The van der Waals surface area contributed by atoms with Crippen LogP contribution in [0.4, 0.5) is 34.1 Å². The molecular formula is C46H50Cl2N8+2. The van der Waals surface area contributed by atoms with E-state index in [1.807, 2.05) is 60.7 Å². The van der Waals surface area contributed by atoms with E-state index in [2.05, 4.69) is 82.9 Å². The number of aliphatic imine (C=N–C) groups is 1. The van der Waals surface area contributed by atoms with Gasteiger partial charge in [-0.1, -0.05) is 91.4 Å². The Morgan fingerprint density at radius 2 is 1.36 bits per heavy atom. The first-order valence-electron chi connectivity index (χ1n) is 19.5. The molecule has 7 rings (SSSR count). The number of halogens is 2. The van der Waals surface area contributed by atoms with Crippen LogP contribution >= 0.6 is 23.2 Å². The number of nitrogens with two attached hydrogens (primary N) is 3. The molecule has 8 nitrogen and oxygen atoms in total. The number of quaternary nitrogens is 1. The molecule has 0 spiro atoms. The summed E-state index contributed by atoms with van der Waals surface area (Å²) in [5.74, 6) is 0. The molecule has 0 fully saturated rings. The van der Waals surface area contributed by atoms with Crippen molar-refractivity contribution in [3.05, 3.63) is 136 Å². The molecule has 0 atom stereocenters. The van der Waals surface area contributed by atoms with Crippen molar-refractivity contribution >= 4 is 85.1 Å². The molecule has 1 aromatic heterocycles. The maximum Gasteiger partial charge on any atom is 0.239 e. The van der Waals surface area contributed by atoms with Gasteiger partial charge in [0.2, 0.25) is 16.7 Å². The number of hydrogen-bond acceptors (Lipinski definition) is 6. The number of aromatic nitrogens is 2. The number of benzene rings is 5. The number of aryl methyl sites for hydroxylation is 1. The molecule has 0 bridgehead atoms. The Bertz CT molecular complexity index is 2440. The summed E-state index contributed by atoms with van der Waals surface area (Å²) >= 11 is 12.8. The van der Waals surface area contributed by atoms with Gasteiger partial charge in [0, 0.05) is 66.9 Å². The molecule has 0 aliphatic heterocycles. The summed E-state index contributed by atoms with van der Waals surface area (Å²) in [5.41, 5.74) is 26.7. The fraction of sp³-hybridized carbons (Fsp3) is 0.239. The largest absolute Gasteiger partial charge is 0.397 e. The lowest BCUT2D eigenvalue weighted by Gasteiger charge is -2.17. The lowest BCUT2D eigenvalue weighted by Crippen LogP contribution is -2.71. The monoisotopic (exact) mass is 784 g/mol. The van der Waals surface area contributed by atoms with Gasteiger partial charge in [0.1, 0.15) is 22.4 Å². The minimum Gasteiger partial charge on any atom is -0.397 e. The first kappa shape index (κ1) is 38.8. The first-order valence-corrected chi connectivity index (χ1v) is 20.2. The number of rotatable bonds is 15. The van der Waals surface area contributed by atoms with E-state index in [0.29, 0.717) is 21.4 Å². The van der Waals surface area contributed by atoms with Crippen molar-refractivity contribution in [3.63, 3.8) is 0 Å². The Hall–Kier alpha value is -5.41. The normalized spacial score (nSPS) is 13.6. The molecule has 6 aromatic rings. The molecular weight excluding hydrogens is 735 g/mol. The highest BCUT2D eigenvalue weighted by molar-refractivity contribution is 6.34. The molecule has 10 heteroatoms. The molecule has 0 unspecified atom stereocenters. The first-order chi connectivity index (χ1) is 27.2. The maximum absolute atomic E-state index is 6.41. The van der Waals surface area contributed by atoms with E-state index >= 15 is 0 Å². The molecule has 5 aromatic carbocycles. The molecule has 0 amide bonds. The summed E-state index contributed by atoms with van der Waals surface area (Å²) in [5, 5.41) is 10.5. The number of nitrogen functional groups attached to an aromatic ring is 2. The number of anilines is 3. The van der Waals surface area contributed by atoms with Crippen LogP contribution < -0.4 is 32.0 Å². The van der Waals surface area contributed by atoms with Gasteiger partial charge in [-0.2, -0.15) is 0 Å². The van der Waals surface area contributed by atoms with Crippen molar-refractivity contribution in [2.75, 3.05) is 29.9 Å². The molecule has 56 heavy (non-hydrogen) atoms. The van der Waals surface area contributed by atoms with Crippen molar-refractivity contribution in [1.29, 1.82) is 0 Å². The zero-order valence-electron chi connectivity index (χ0n) is 32.1. The third kappa shape index (κ3) is 9.33. The van der Waals surface area contributed by atoms with E-state index in [4.69, 9.17) is 44.6 Å².